The first-order valence-corrected chi connectivity index (χ1v) is 10.6. The van der Waals surface area contributed by atoms with Crippen molar-refractivity contribution in [3.8, 4) is 0 Å². The van der Waals surface area contributed by atoms with Crippen molar-refractivity contribution in [2.75, 3.05) is 11.4 Å². The van der Waals surface area contributed by atoms with Crippen LogP contribution in [0.15, 0.2) is 24.3 Å². The Balaban J connectivity index is 1.83. The van der Waals surface area contributed by atoms with Gasteiger partial charge in [0.1, 0.15) is 6.04 Å². The number of amides is 2. The molecule has 4 atom stereocenters. The van der Waals surface area contributed by atoms with E-state index in [0.717, 1.165) is 29.7 Å². The zero-order valence-corrected chi connectivity index (χ0v) is 17.9. The van der Waals surface area contributed by atoms with E-state index in [2.05, 4.69) is 11.0 Å². The lowest BCUT2D eigenvalue weighted by Gasteiger charge is -2.38. The number of benzene rings is 1. The van der Waals surface area contributed by atoms with E-state index in [0.29, 0.717) is 6.54 Å². The Kier molecular flexibility index (Phi) is 4.67. The molecule has 0 aromatic heterocycles. The van der Waals surface area contributed by atoms with Crippen molar-refractivity contribution in [3.63, 3.8) is 0 Å². The van der Waals surface area contributed by atoms with Gasteiger partial charge in [-0.3, -0.25) is 19.3 Å². The van der Waals surface area contributed by atoms with Gasteiger partial charge in [0.2, 0.25) is 11.8 Å². The molecule has 0 N–H and O–H groups in total. The number of anilines is 1. The molecule has 154 valence electrons. The molecule has 0 saturated carbocycles. The first kappa shape index (κ1) is 19.9. The summed E-state index contributed by atoms with van der Waals surface area (Å²) in [4.78, 5) is 43.7. The Morgan fingerprint density at radius 1 is 1.10 bits per heavy atom. The van der Waals surface area contributed by atoms with Gasteiger partial charge in [0.25, 0.3) is 0 Å². The average Bonchev–Trinajstić information content (AvgIpc) is 3.12. The van der Waals surface area contributed by atoms with Crippen LogP contribution in [0.2, 0.25) is 0 Å². The fraction of sp³-hybridized carbons (Fsp3) is 0.542. The fourth-order valence-corrected chi connectivity index (χ4v) is 5.03. The van der Waals surface area contributed by atoms with E-state index in [1.807, 2.05) is 58.9 Å². The molecule has 1 aromatic rings. The molecule has 1 aromatic carbocycles. The molecule has 0 spiro atoms. The number of nitrogens with zero attached hydrogens (tertiary/aromatic N) is 2. The third-order valence-corrected chi connectivity index (χ3v) is 6.50. The molecule has 5 nitrogen and oxygen atoms in total. The predicted molar refractivity (Wildman–Crippen MR) is 113 cm³/mol. The van der Waals surface area contributed by atoms with Gasteiger partial charge in [-0.15, -0.1) is 0 Å². The van der Waals surface area contributed by atoms with Crippen molar-refractivity contribution < 1.29 is 14.4 Å². The first-order chi connectivity index (χ1) is 13.7. The van der Waals surface area contributed by atoms with Crippen molar-refractivity contribution in [2.45, 2.75) is 59.5 Å². The summed E-state index contributed by atoms with van der Waals surface area (Å²) in [6.45, 7) is 10.2. The van der Waals surface area contributed by atoms with Crippen LogP contribution in [-0.4, -0.2) is 41.1 Å². The molecule has 2 saturated heterocycles. The number of unbranched alkanes of at least 4 members (excludes halogenated alkanes) is 1. The minimum atomic E-state index is -0.612. The van der Waals surface area contributed by atoms with Crippen molar-refractivity contribution in [3.05, 3.63) is 35.4 Å². The number of rotatable bonds is 4. The Labute approximate surface area is 172 Å². The second kappa shape index (κ2) is 6.82. The van der Waals surface area contributed by atoms with E-state index < -0.39 is 23.3 Å². The molecule has 4 unspecified atom stereocenters. The molecular formula is C24H30N2O3. The minimum Gasteiger partial charge on any atom is -0.353 e. The number of carbonyl (C=O) groups excluding carboxylic acids is 3. The van der Waals surface area contributed by atoms with Gasteiger partial charge in [0, 0.05) is 17.6 Å². The van der Waals surface area contributed by atoms with Gasteiger partial charge in [-0.1, -0.05) is 57.9 Å². The highest BCUT2D eigenvalue weighted by Crippen LogP contribution is 2.49. The summed E-state index contributed by atoms with van der Waals surface area (Å²) in [6.07, 6.45) is 5.76. The number of aryl methyl sites for hydroxylation is 1. The fourth-order valence-electron chi connectivity index (χ4n) is 5.03. The maximum absolute atomic E-state index is 13.6. The second-order valence-corrected chi connectivity index (χ2v) is 9.61. The molecule has 29 heavy (non-hydrogen) atoms. The lowest BCUT2D eigenvalue weighted by molar-refractivity contribution is -0.142. The van der Waals surface area contributed by atoms with Gasteiger partial charge in [-0.2, -0.15) is 0 Å². The van der Waals surface area contributed by atoms with Crippen LogP contribution in [0.4, 0.5) is 5.69 Å². The van der Waals surface area contributed by atoms with Gasteiger partial charge in [-0.05, 0) is 31.0 Å². The van der Waals surface area contributed by atoms with E-state index in [1.165, 1.54) is 4.90 Å². The molecule has 0 aliphatic carbocycles. The minimum absolute atomic E-state index is 0.0234. The number of Topliss-reactive ketones (excluding diaryl/α,β-unsaturated/α-hetero) is 1. The summed E-state index contributed by atoms with van der Waals surface area (Å²) >= 11 is 0. The van der Waals surface area contributed by atoms with Crippen LogP contribution < -0.4 is 4.90 Å². The molecule has 0 radical (unpaired) electrons. The van der Waals surface area contributed by atoms with E-state index in [4.69, 9.17) is 0 Å². The third kappa shape index (κ3) is 2.93. The monoisotopic (exact) mass is 394 g/mol. The Bertz CT molecular complexity index is 911. The summed E-state index contributed by atoms with van der Waals surface area (Å²) < 4.78 is 0. The number of imide groups is 1. The predicted octanol–water partition coefficient (Wildman–Crippen LogP) is 3.60. The number of fused-ring (bicyclic) bond motifs is 5. The van der Waals surface area contributed by atoms with Gasteiger partial charge in [0.05, 0.1) is 17.9 Å². The highest BCUT2D eigenvalue weighted by Gasteiger charge is 2.64. The number of hydrogen-bond acceptors (Lipinski definition) is 4. The van der Waals surface area contributed by atoms with E-state index in [-0.39, 0.29) is 23.6 Å². The second-order valence-electron chi connectivity index (χ2n) is 9.61. The summed E-state index contributed by atoms with van der Waals surface area (Å²) in [5.41, 5.74) is 2.52. The smallest absolute Gasteiger partial charge is 0.235 e. The van der Waals surface area contributed by atoms with Gasteiger partial charge < -0.3 is 4.90 Å². The van der Waals surface area contributed by atoms with Gasteiger partial charge in [-0.25, -0.2) is 0 Å². The van der Waals surface area contributed by atoms with Crippen LogP contribution in [0.1, 0.15) is 51.7 Å². The molecule has 3 aliphatic heterocycles. The van der Waals surface area contributed by atoms with Gasteiger partial charge >= 0.3 is 0 Å². The van der Waals surface area contributed by atoms with Crippen LogP contribution in [0.3, 0.4) is 0 Å². The zero-order chi connectivity index (χ0) is 21.1. The highest BCUT2D eigenvalue weighted by molar-refractivity contribution is 6.11. The topological polar surface area (TPSA) is 57.7 Å². The number of ketones is 1. The van der Waals surface area contributed by atoms with Crippen LogP contribution in [0, 0.1) is 24.2 Å². The van der Waals surface area contributed by atoms with E-state index in [9.17, 15) is 14.4 Å². The van der Waals surface area contributed by atoms with Crippen LogP contribution in [-0.2, 0) is 14.4 Å². The molecule has 4 rings (SSSR count). The largest absolute Gasteiger partial charge is 0.353 e. The van der Waals surface area contributed by atoms with Crippen molar-refractivity contribution in [1.29, 1.82) is 0 Å². The lowest BCUT2D eigenvalue weighted by Crippen LogP contribution is -2.51. The Morgan fingerprint density at radius 2 is 1.79 bits per heavy atom. The number of hydrogen-bond donors (Lipinski definition) is 0. The molecule has 3 aliphatic rings. The van der Waals surface area contributed by atoms with E-state index in [1.54, 1.807) is 0 Å². The molecule has 2 fully saturated rings. The van der Waals surface area contributed by atoms with Gasteiger partial charge in [0.15, 0.2) is 5.78 Å². The maximum Gasteiger partial charge on any atom is 0.235 e. The van der Waals surface area contributed by atoms with Crippen LogP contribution >= 0.6 is 0 Å². The molecule has 3 heterocycles. The number of carbonyl (C=O) groups is 3. The highest BCUT2D eigenvalue weighted by atomic mass is 16.2. The van der Waals surface area contributed by atoms with E-state index >= 15 is 0 Å². The normalized spacial score (nSPS) is 27.9. The van der Waals surface area contributed by atoms with Crippen molar-refractivity contribution in [1.82, 2.24) is 4.90 Å². The summed E-state index contributed by atoms with van der Waals surface area (Å²) in [6, 6.07) is 5.27. The molecule has 0 bridgehead atoms. The van der Waals surface area contributed by atoms with Crippen LogP contribution in [0.5, 0.6) is 0 Å². The third-order valence-electron chi connectivity index (χ3n) is 6.50. The maximum atomic E-state index is 13.6. The number of likely N-dealkylation sites (tertiary alicyclic amines) is 1. The molecular weight excluding hydrogens is 364 g/mol. The summed E-state index contributed by atoms with van der Waals surface area (Å²) in [5.74, 6) is -1.36. The standard InChI is InChI=1S/C24H30N2O3/c1-6-7-12-25-22(28)18-17-11-9-15-13-14(2)8-10-16(15)26(17)20(19(18)23(25)29)21(27)24(3,4)5/h8-11,13,17-20H,6-7,12H2,1-5H3. The first-order valence-electron chi connectivity index (χ1n) is 10.6. The van der Waals surface area contributed by atoms with Crippen molar-refractivity contribution in [2.24, 2.45) is 17.3 Å². The molecule has 2 amide bonds. The Hall–Kier alpha value is -2.43. The quantitative estimate of drug-likeness (QED) is 0.732. The Morgan fingerprint density at radius 3 is 2.45 bits per heavy atom. The van der Waals surface area contributed by atoms with Crippen molar-refractivity contribution >= 4 is 29.4 Å². The van der Waals surface area contributed by atoms with Crippen LogP contribution in [0.25, 0.3) is 6.08 Å². The SMILES string of the molecule is CCCCN1C(=O)C2C(C1=O)C(C(=O)C(C)(C)C)N1c3ccc(C)cc3C=CC21. The molecule has 5 heteroatoms. The summed E-state index contributed by atoms with van der Waals surface area (Å²) in [7, 11) is 0. The zero-order valence-electron chi connectivity index (χ0n) is 17.9. The summed E-state index contributed by atoms with van der Waals surface area (Å²) in [5, 5.41) is 0. The lowest BCUT2D eigenvalue weighted by atomic mass is 9.79. The average molecular weight is 395 g/mol.